The van der Waals surface area contributed by atoms with Crippen LogP contribution in [0.25, 0.3) is 11.3 Å². The van der Waals surface area contributed by atoms with E-state index in [0.717, 1.165) is 11.8 Å². The zero-order valence-electron chi connectivity index (χ0n) is 12.7. The third-order valence-corrected chi connectivity index (χ3v) is 3.47. The number of aromatic nitrogens is 2. The molecule has 1 aromatic heterocycles. The van der Waals surface area contributed by atoms with Crippen LogP contribution in [-0.2, 0) is 16.1 Å². The summed E-state index contributed by atoms with van der Waals surface area (Å²) in [4.78, 5) is 38.1. The maximum Gasteiger partial charge on any atom is 0.303 e. The van der Waals surface area contributed by atoms with E-state index in [0.29, 0.717) is 17.1 Å². The van der Waals surface area contributed by atoms with E-state index in [-0.39, 0.29) is 25.4 Å². The number of carbonyl (C=O) groups is 2. The Balaban J connectivity index is 2.03. The summed E-state index contributed by atoms with van der Waals surface area (Å²) in [5.41, 5.74) is 0.924. The van der Waals surface area contributed by atoms with Crippen molar-refractivity contribution in [2.45, 2.75) is 19.4 Å². The number of carboxylic acid groups (broad SMARTS) is 1. The van der Waals surface area contributed by atoms with Crippen LogP contribution in [0.5, 0.6) is 0 Å². The predicted octanol–water partition coefficient (Wildman–Crippen LogP) is 1.54. The van der Waals surface area contributed by atoms with E-state index in [1.807, 2.05) is 0 Å². The van der Waals surface area contributed by atoms with Gasteiger partial charge in [0, 0.05) is 29.7 Å². The molecule has 1 heterocycles. The molecule has 0 aliphatic heterocycles. The van der Waals surface area contributed by atoms with Crippen molar-refractivity contribution in [3.05, 3.63) is 52.0 Å². The molecule has 0 aliphatic rings. The highest BCUT2D eigenvalue weighted by Gasteiger charge is 2.07. The first-order valence-corrected chi connectivity index (χ1v) is 7.64. The summed E-state index contributed by atoms with van der Waals surface area (Å²) in [5.74, 6) is -1.28. The number of rotatable bonds is 7. The van der Waals surface area contributed by atoms with Crippen LogP contribution in [0.15, 0.2) is 41.5 Å². The van der Waals surface area contributed by atoms with Gasteiger partial charge in [0.15, 0.2) is 0 Å². The van der Waals surface area contributed by atoms with Gasteiger partial charge in [-0.15, -0.1) is 0 Å². The molecule has 1 aromatic carbocycles. The van der Waals surface area contributed by atoms with Crippen LogP contribution in [0, 0.1) is 0 Å². The van der Waals surface area contributed by atoms with Crippen LogP contribution in [0.2, 0.25) is 5.02 Å². The van der Waals surface area contributed by atoms with Crippen LogP contribution in [0.3, 0.4) is 0 Å². The average molecular weight is 350 g/mol. The van der Waals surface area contributed by atoms with Gasteiger partial charge in [-0.3, -0.25) is 14.4 Å². The van der Waals surface area contributed by atoms with Crippen molar-refractivity contribution in [3.63, 3.8) is 0 Å². The minimum absolute atomic E-state index is 0.0177. The molecule has 7 nitrogen and oxygen atoms in total. The van der Waals surface area contributed by atoms with Crippen molar-refractivity contribution >= 4 is 23.5 Å². The smallest absolute Gasteiger partial charge is 0.303 e. The highest BCUT2D eigenvalue weighted by molar-refractivity contribution is 6.30. The monoisotopic (exact) mass is 349 g/mol. The number of carbonyl (C=O) groups excluding carboxylic acids is 1. The quantitative estimate of drug-likeness (QED) is 0.738. The van der Waals surface area contributed by atoms with Crippen molar-refractivity contribution in [2.75, 3.05) is 6.54 Å². The molecule has 0 radical (unpaired) electrons. The van der Waals surface area contributed by atoms with Crippen molar-refractivity contribution in [1.82, 2.24) is 14.9 Å². The Labute approximate surface area is 142 Å². The first-order chi connectivity index (χ1) is 11.5. The maximum absolute atomic E-state index is 11.8. The molecular formula is C16H16ClN3O4. The van der Waals surface area contributed by atoms with Crippen LogP contribution in [-0.4, -0.2) is 33.1 Å². The number of aliphatic carboxylic acids is 1. The van der Waals surface area contributed by atoms with Crippen molar-refractivity contribution in [1.29, 1.82) is 0 Å². The molecule has 2 aromatic rings. The normalized spacial score (nSPS) is 10.4. The molecule has 0 bridgehead atoms. The molecular weight excluding hydrogens is 334 g/mol. The SMILES string of the molecule is O=C(O)CCCNC(=O)Cn1cc(-c2ccc(Cl)cc2)ncc1=O. The summed E-state index contributed by atoms with van der Waals surface area (Å²) < 4.78 is 1.25. The first-order valence-electron chi connectivity index (χ1n) is 7.26. The lowest BCUT2D eigenvalue weighted by molar-refractivity contribution is -0.137. The summed E-state index contributed by atoms with van der Waals surface area (Å²) in [6, 6.07) is 6.96. The van der Waals surface area contributed by atoms with E-state index >= 15 is 0 Å². The van der Waals surface area contributed by atoms with Gasteiger partial charge in [-0.25, -0.2) is 4.98 Å². The topological polar surface area (TPSA) is 101 Å². The molecule has 0 aliphatic carbocycles. The molecule has 0 saturated heterocycles. The molecule has 126 valence electrons. The fraction of sp³-hybridized carbons (Fsp3) is 0.250. The summed E-state index contributed by atoms with van der Waals surface area (Å²) >= 11 is 5.84. The second-order valence-electron chi connectivity index (χ2n) is 5.09. The Hall–Kier alpha value is -2.67. The fourth-order valence-electron chi connectivity index (χ4n) is 2.01. The molecule has 8 heteroatoms. The van der Waals surface area contributed by atoms with Crippen molar-refractivity contribution in [2.24, 2.45) is 0 Å². The third kappa shape index (κ3) is 5.20. The number of amides is 1. The van der Waals surface area contributed by atoms with Crippen molar-refractivity contribution in [3.8, 4) is 11.3 Å². The maximum atomic E-state index is 11.8. The van der Waals surface area contributed by atoms with Gasteiger partial charge in [0.1, 0.15) is 6.54 Å². The number of hydrogen-bond donors (Lipinski definition) is 2. The number of nitrogens with one attached hydrogen (secondary N) is 1. The van der Waals surface area contributed by atoms with Gasteiger partial charge in [0.05, 0.1) is 11.9 Å². The van der Waals surface area contributed by atoms with Gasteiger partial charge in [0.2, 0.25) is 5.91 Å². The third-order valence-electron chi connectivity index (χ3n) is 3.22. The molecule has 0 unspecified atom stereocenters. The Morgan fingerprint density at radius 3 is 2.62 bits per heavy atom. The molecule has 2 rings (SSSR count). The van der Waals surface area contributed by atoms with E-state index in [4.69, 9.17) is 16.7 Å². The predicted molar refractivity (Wildman–Crippen MR) is 88.8 cm³/mol. The Bertz CT molecular complexity index is 787. The minimum atomic E-state index is -0.915. The summed E-state index contributed by atoms with van der Waals surface area (Å²) in [6.07, 6.45) is 2.97. The molecule has 0 spiro atoms. The number of nitrogens with zero attached hydrogens (tertiary/aromatic N) is 2. The van der Waals surface area contributed by atoms with Gasteiger partial charge >= 0.3 is 5.97 Å². The van der Waals surface area contributed by atoms with Crippen LogP contribution in [0.1, 0.15) is 12.8 Å². The van der Waals surface area contributed by atoms with Gasteiger partial charge in [-0.05, 0) is 18.6 Å². The number of hydrogen-bond acceptors (Lipinski definition) is 4. The lowest BCUT2D eigenvalue weighted by Crippen LogP contribution is -2.32. The average Bonchev–Trinajstić information content (AvgIpc) is 2.54. The van der Waals surface area contributed by atoms with E-state index in [1.54, 1.807) is 24.3 Å². The standard InChI is InChI=1S/C16H16ClN3O4/c17-12-5-3-11(4-6-12)13-9-20(15(22)8-19-13)10-14(21)18-7-1-2-16(23)24/h3-6,8-9H,1-2,7,10H2,(H,18,21)(H,23,24). The van der Waals surface area contributed by atoms with E-state index < -0.39 is 11.5 Å². The summed E-state index contributed by atoms with van der Waals surface area (Å²) in [5, 5.41) is 11.7. The number of benzene rings is 1. The van der Waals surface area contributed by atoms with Gasteiger partial charge in [0.25, 0.3) is 5.56 Å². The molecule has 1 amide bonds. The first kappa shape index (κ1) is 17.7. The Morgan fingerprint density at radius 2 is 1.96 bits per heavy atom. The molecule has 0 atom stereocenters. The lowest BCUT2D eigenvalue weighted by Gasteiger charge is -2.08. The molecule has 0 saturated carbocycles. The zero-order valence-corrected chi connectivity index (χ0v) is 13.5. The van der Waals surface area contributed by atoms with E-state index in [2.05, 4.69) is 10.3 Å². The number of carboxylic acids is 1. The molecule has 0 fully saturated rings. The second kappa shape index (κ2) is 8.26. The summed E-state index contributed by atoms with van der Waals surface area (Å²) in [6.45, 7) is 0.0873. The lowest BCUT2D eigenvalue weighted by atomic mass is 10.2. The van der Waals surface area contributed by atoms with Gasteiger partial charge in [-0.1, -0.05) is 23.7 Å². The van der Waals surface area contributed by atoms with Crippen LogP contribution < -0.4 is 10.9 Å². The zero-order chi connectivity index (χ0) is 17.5. The second-order valence-corrected chi connectivity index (χ2v) is 5.53. The fourth-order valence-corrected chi connectivity index (χ4v) is 2.14. The largest absolute Gasteiger partial charge is 0.481 e. The summed E-state index contributed by atoms with van der Waals surface area (Å²) in [7, 11) is 0. The van der Waals surface area contributed by atoms with Crippen LogP contribution >= 0.6 is 11.6 Å². The Kier molecular flexibility index (Phi) is 6.08. The Morgan fingerprint density at radius 1 is 1.25 bits per heavy atom. The van der Waals surface area contributed by atoms with Crippen molar-refractivity contribution < 1.29 is 14.7 Å². The van der Waals surface area contributed by atoms with E-state index in [1.165, 1.54) is 10.8 Å². The molecule has 2 N–H and O–H groups in total. The number of halogens is 1. The van der Waals surface area contributed by atoms with Gasteiger partial charge in [-0.2, -0.15) is 0 Å². The van der Waals surface area contributed by atoms with Crippen LogP contribution in [0.4, 0.5) is 0 Å². The van der Waals surface area contributed by atoms with E-state index in [9.17, 15) is 14.4 Å². The highest BCUT2D eigenvalue weighted by atomic mass is 35.5. The highest BCUT2D eigenvalue weighted by Crippen LogP contribution is 2.18. The van der Waals surface area contributed by atoms with Gasteiger partial charge < -0.3 is 15.0 Å². The molecule has 24 heavy (non-hydrogen) atoms. The minimum Gasteiger partial charge on any atom is -0.481 e.